The van der Waals surface area contributed by atoms with Crippen LogP contribution in [0.1, 0.15) is 30.5 Å². The molecule has 0 amide bonds. The monoisotopic (exact) mass is 339 g/mol. The van der Waals surface area contributed by atoms with Gasteiger partial charge in [-0.25, -0.2) is 0 Å². The molecule has 0 radical (unpaired) electrons. The highest BCUT2D eigenvalue weighted by Crippen LogP contribution is 2.29. The predicted octanol–water partition coefficient (Wildman–Crippen LogP) is 2.40. The highest BCUT2D eigenvalue weighted by molar-refractivity contribution is 5.60. The Morgan fingerprint density at radius 1 is 1.32 bits per heavy atom. The van der Waals surface area contributed by atoms with Crippen LogP contribution in [0.2, 0.25) is 0 Å². The third-order valence-electron chi connectivity index (χ3n) is 4.66. The highest BCUT2D eigenvalue weighted by atomic mass is 16.5. The Labute approximate surface area is 146 Å². The molecule has 2 heterocycles. The summed E-state index contributed by atoms with van der Waals surface area (Å²) in [7, 11) is 1.57. The lowest BCUT2D eigenvalue weighted by Gasteiger charge is -2.29. The first kappa shape index (κ1) is 17.1. The van der Waals surface area contributed by atoms with Crippen molar-refractivity contribution in [3.05, 3.63) is 51.3 Å². The maximum Gasteiger partial charge on any atom is 0.262 e. The molecule has 0 bridgehead atoms. The maximum atomic E-state index is 13.0. The van der Waals surface area contributed by atoms with Crippen molar-refractivity contribution in [2.45, 2.75) is 33.0 Å². The van der Waals surface area contributed by atoms with Crippen LogP contribution in [-0.4, -0.2) is 17.8 Å². The van der Waals surface area contributed by atoms with Gasteiger partial charge < -0.3 is 15.2 Å². The number of rotatable bonds is 3. The lowest BCUT2D eigenvalue weighted by molar-refractivity contribution is -0.00117. The molecule has 0 aliphatic carbocycles. The van der Waals surface area contributed by atoms with Crippen molar-refractivity contribution >= 4 is 5.82 Å². The molecule has 0 saturated carbocycles. The molecule has 6 heteroatoms. The van der Waals surface area contributed by atoms with Crippen LogP contribution in [0.15, 0.2) is 29.1 Å². The first-order valence-corrected chi connectivity index (χ1v) is 8.20. The third-order valence-corrected chi connectivity index (χ3v) is 4.66. The molecule has 2 N–H and O–H groups in total. The van der Waals surface area contributed by atoms with Gasteiger partial charge in [-0.1, -0.05) is 13.8 Å². The largest absolute Gasteiger partial charge is 0.497 e. The molecule has 0 saturated heterocycles. The third kappa shape index (κ3) is 2.87. The zero-order chi connectivity index (χ0) is 18.1. The van der Waals surface area contributed by atoms with Crippen LogP contribution in [0, 0.1) is 17.2 Å². The number of nitriles is 1. The van der Waals surface area contributed by atoms with E-state index in [1.165, 1.54) is 4.57 Å². The SMILES string of the molecule is COc1ccc(-n2c(N)c(C#N)c3c(c2=O)CO[C@@H](C(C)C)C3)cc1. The second-order valence-corrected chi connectivity index (χ2v) is 6.47. The van der Waals surface area contributed by atoms with E-state index in [0.29, 0.717) is 34.9 Å². The molecule has 1 aliphatic heterocycles. The van der Waals surface area contributed by atoms with Gasteiger partial charge >= 0.3 is 0 Å². The highest BCUT2D eigenvalue weighted by Gasteiger charge is 2.29. The van der Waals surface area contributed by atoms with Gasteiger partial charge in [0.25, 0.3) is 5.56 Å². The smallest absolute Gasteiger partial charge is 0.262 e. The second kappa shape index (κ2) is 6.61. The number of hydrogen-bond acceptors (Lipinski definition) is 5. The molecular weight excluding hydrogens is 318 g/mol. The zero-order valence-electron chi connectivity index (χ0n) is 14.6. The number of anilines is 1. The first-order valence-electron chi connectivity index (χ1n) is 8.20. The summed E-state index contributed by atoms with van der Waals surface area (Å²) in [5.41, 5.74) is 8.16. The molecule has 0 unspecified atom stereocenters. The van der Waals surface area contributed by atoms with Crippen molar-refractivity contribution in [1.29, 1.82) is 5.26 Å². The summed E-state index contributed by atoms with van der Waals surface area (Å²) in [5.74, 6) is 1.14. The normalized spacial score (nSPS) is 16.4. The van der Waals surface area contributed by atoms with Gasteiger partial charge in [-0.15, -0.1) is 0 Å². The average Bonchev–Trinajstić information content (AvgIpc) is 2.62. The van der Waals surface area contributed by atoms with Gasteiger partial charge in [-0.2, -0.15) is 5.26 Å². The van der Waals surface area contributed by atoms with Gasteiger partial charge in [0.15, 0.2) is 0 Å². The van der Waals surface area contributed by atoms with Crippen LogP contribution in [-0.2, 0) is 17.8 Å². The number of ether oxygens (including phenoxy) is 2. The Morgan fingerprint density at radius 2 is 2.00 bits per heavy atom. The van der Waals surface area contributed by atoms with E-state index in [1.54, 1.807) is 31.4 Å². The minimum atomic E-state index is -0.237. The van der Waals surface area contributed by atoms with Gasteiger partial charge in [0.2, 0.25) is 0 Å². The number of methoxy groups -OCH3 is 1. The molecule has 1 atom stereocenters. The molecule has 3 rings (SSSR count). The topological polar surface area (TPSA) is 90.3 Å². The number of nitrogens with two attached hydrogens (primary N) is 1. The maximum absolute atomic E-state index is 13.0. The number of nitrogen functional groups attached to an aromatic ring is 1. The summed E-state index contributed by atoms with van der Waals surface area (Å²) < 4.78 is 12.3. The minimum Gasteiger partial charge on any atom is -0.497 e. The number of aromatic nitrogens is 1. The van der Waals surface area contributed by atoms with Crippen LogP contribution in [0.3, 0.4) is 0 Å². The van der Waals surface area contributed by atoms with E-state index in [-0.39, 0.29) is 24.1 Å². The fraction of sp³-hybridized carbons (Fsp3) is 0.368. The molecule has 1 aromatic carbocycles. The molecule has 0 spiro atoms. The second-order valence-electron chi connectivity index (χ2n) is 6.47. The molecule has 25 heavy (non-hydrogen) atoms. The molecule has 130 valence electrons. The van der Waals surface area contributed by atoms with Gasteiger partial charge in [0.1, 0.15) is 17.6 Å². The van der Waals surface area contributed by atoms with E-state index < -0.39 is 0 Å². The summed E-state index contributed by atoms with van der Waals surface area (Å²) in [5, 5.41) is 9.64. The van der Waals surface area contributed by atoms with Crippen molar-refractivity contribution in [3.63, 3.8) is 0 Å². The number of hydrogen-bond donors (Lipinski definition) is 1. The molecule has 1 aliphatic rings. The van der Waals surface area contributed by atoms with Gasteiger partial charge in [0.05, 0.1) is 31.1 Å². The van der Waals surface area contributed by atoms with Crippen molar-refractivity contribution in [3.8, 4) is 17.5 Å². The number of nitrogens with zero attached hydrogens (tertiary/aromatic N) is 2. The van der Waals surface area contributed by atoms with Crippen LogP contribution < -0.4 is 16.0 Å². The van der Waals surface area contributed by atoms with E-state index in [1.807, 2.05) is 0 Å². The standard InChI is InChI=1S/C19H21N3O3/c1-11(2)17-8-14-15(9-20)18(21)22(19(23)16(14)10-25-17)12-4-6-13(24-3)7-5-12/h4-7,11,17H,8,10,21H2,1-3H3/t17-/m1/s1. The molecule has 6 nitrogen and oxygen atoms in total. The van der Waals surface area contributed by atoms with Gasteiger partial charge in [-0.05, 0) is 35.7 Å². The van der Waals surface area contributed by atoms with E-state index in [0.717, 1.165) is 5.56 Å². The van der Waals surface area contributed by atoms with E-state index in [2.05, 4.69) is 19.9 Å². The number of benzene rings is 1. The summed E-state index contributed by atoms with van der Waals surface area (Å²) in [6.45, 7) is 4.31. The summed E-state index contributed by atoms with van der Waals surface area (Å²) >= 11 is 0. The van der Waals surface area contributed by atoms with Crippen molar-refractivity contribution < 1.29 is 9.47 Å². The zero-order valence-corrected chi connectivity index (χ0v) is 14.6. The number of pyridine rings is 1. The van der Waals surface area contributed by atoms with Crippen LogP contribution >= 0.6 is 0 Å². The quantitative estimate of drug-likeness (QED) is 0.927. The van der Waals surface area contributed by atoms with Crippen LogP contribution in [0.5, 0.6) is 5.75 Å². The molecule has 1 aromatic heterocycles. The Bertz CT molecular complexity index is 892. The average molecular weight is 339 g/mol. The van der Waals surface area contributed by atoms with Crippen molar-refractivity contribution in [2.75, 3.05) is 12.8 Å². The number of fused-ring (bicyclic) bond motifs is 1. The summed E-state index contributed by atoms with van der Waals surface area (Å²) in [4.78, 5) is 13.0. The van der Waals surface area contributed by atoms with Gasteiger partial charge in [-0.3, -0.25) is 9.36 Å². The molecule has 2 aromatic rings. The lowest BCUT2D eigenvalue weighted by Crippen LogP contribution is -2.36. The van der Waals surface area contributed by atoms with Crippen molar-refractivity contribution in [2.24, 2.45) is 5.92 Å². The summed E-state index contributed by atoms with van der Waals surface area (Å²) in [6.07, 6.45) is 0.508. The fourth-order valence-corrected chi connectivity index (χ4v) is 3.16. The van der Waals surface area contributed by atoms with Crippen LogP contribution in [0.4, 0.5) is 5.82 Å². The minimum absolute atomic E-state index is 0.0183. The van der Waals surface area contributed by atoms with E-state index >= 15 is 0 Å². The van der Waals surface area contributed by atoms with E-state index in [4.69, 9.17) is 15.2 Å². The Morgan fingerprint density at radius 3 is 2.56 bits per heavy atom. The lowest BCUT2D eigenvalue weighted by atomic mass is 9.91. The molecular formula is C19H21N3O3. The Balaban J connectivity index is 2.19. The first-order chi connectivity index (χ1) is 12.0. The Hall–Kier alpha value is -2.78. The van der Waals surface area contributed by atoms with Crippen LogP contribution in [0.25, 0.3) is 5.69 Å². The molecule has 0 fully saturated rings. The predicted molar refractivity (Wildman–Crippen MR) is 94.8 cm³/mol. The van der Waals surface area contributed by atoms with Crippen molar-refractivity contribution in [1.82, 2.24) is 4.57 Å². The summed E-state index contributed by atoms with van der Waals surface area (Å²) in [6, 6.07) is 9.16. The van der Waals surface area contributed by atoms with Gasteiger partial charge in [0, 0.05) is 12.0 Å². The van der Waals surface area contributed by atoms with E-state index in [9.17, 15) is 10.1 Å². The Kier molecular flexibility index (Phi) is 4.51. The fourth-order valence-electron chi connectivity index (χ4n) is 3.16.